The van der Waals surface area contributed by atoms with Crippen molar-refractivity contribution in [2.75, 3.05) is 11.9 Å². The monoisotopic (exact) mass is 405 g/mol. The highest BCUT2D eigenvalue weighted by Gasteiger charge is 2.18. The number of anilines is 1. The molecule has 3 aromatic rings. The smallest absolute Gasteiger partial charge is 0.343 e. The fourth-order valence-corrected chi connectivity index (χ4v) is 2.69. The minimum Gasteiger partial charge on any atom is -0.489 e. The zero-order chi connectivity index (χ0) is 21.3. The molecule has 1 aromatic heterocycles. The van der Waals surface area contributed by atoms with E-state index in [1.807, 2.05) is 54.6 Å². The van der Waals surface area contributed by atoms with Crippen LogP contribution in [0.2, 0.25) is 0 Å². The lowest BCUT2D eigenvalue weighted by Crippen LogP contribution is -2.15. The van der Waals surface area contributed by atoms with Crippen LogP contribution in [0, 0.1) is 0 Å². The van der Waals surface area contributed by atoms with Gasteiger partial charge in [0, 0.05) is 13.1 Å². The number of nitrogens with one attached hydrogen (secondary N) is 1. The number of carbonyl (C=O) groups excluding carboxylic acids is 2. The van der Waals surface area contributed by atoms with Crippen LogP contribution < -0.4 is 10.1 Å². The van der Waals surface area contributed by atoms with Crippen molar-refractivity contribution in [2.24, 2.45) is 7.05 Å². The van der Waals surface area contributed by atoms with Gasteiger partial charge in [-0.25, -0.2) is 4.79 Å². The lowest BCUT2D eigenvalue weighted by molar-refractivity contribution is -0.111. The van der Waals surface area contributed by atoms with E-state index in [1.165, 1.54) is 17.0 Å². The average molecular weight is 405 g/mol. The molecule has 1 heterocycles. The fourth-order valence-electron chi connectivity index (χ4n) is 2.69. The first kappa shape index (κ1) is 20.9. The number of hydrogen-bond donors (Lipinski definition) is 1. The van der Waals surface area contributed by atoms with E-state index in [0.29, 0.717) is 6.61 Å². The highest BCUT2D eigenvalue weighted by atomic mass is 16.5. The summed E-state index contributed by atoms with van der Waals surface area (Å²) in [6.45, 7) is 2.45. The number of amides is 1. The van der Waals surface area contributed by atoms with E-state index < -0.39 is 5.97 Å². The van der Waals surface area contributed by atoms with E-state index in [9.17, 15) is 9.59 Å². The number of ether oxygens (including phenoxy) is 2. The van der Waals surface area contributed by atoms with Gasteiger partial charge in [0.15, 0.2) is 0 Å². The van der Waals surface area contributed by atoms with E-state index in [4.69, 9.17) is 9.47 Å². The van der Waals surface area contributed by atoms with Gasteiger partial charge in [-0.15, -0.1) is 0 Å². The summed E-state index contributed by atoms with van der Waals surface area (Å²) >= 11 is 0. The number of hydrogen-bond acceptors (Lipinski definition) is 5. The molecule has 0 atom stereocenters. The number of benzene rings is 2. The van der Waals surface area contributed by atoms with Crippen molar-refractivity contribution in [2.45, 2.75) is 13.5 Å². The molecule has 0 radical (unpaired) electrons. The van der Waals surface area contributed by atoms with E-state index in [1.54, 1.807) is 20.0 Å². The topological polar surface area (TPSA) is 82.5 Å². The van der Waals surface area contributed by atoms with Gasteiger partial charge in [-0.3, -0.25) is 9.48 Å². The molecule has 0 aliphatic carbocycles. The Bertz CT molecular complexity index is 1020. The Morgan fingerprint density at radius 2 is 1.83 bits per heavy atom. The standard InChI is InChI=1S/C23H23N3O4/c1-3-29-23(28)20-15-24-26(2)22(20)25-21(27)14-11-17-9-12-19(13-10-17)30-16-18-7-5-4-6-8-18/h4-15H,3,16H2,1-2H3,(H,25,27)/b14-11+. The molecule has 0 bridgehead atoms. The largest absolute Gasteiger partial charge is 0.489 e. The van der Waals surface area contributed by atoms with Gasteiger partial charge >= 0.3 is 5.97 Å². The van der Waals surface area contributed by atoms with Crippen molar-refractivity contribution in [1.29, 1.82) is 0 Å². The van der Waals surface area contributed by atoms with Gasteiger partial charge in [0.05, 0.1) is 12.8 Å². The minimum absolute atomic E-state index is 0.209. The molecule has 3 rings (SSSR count). The first-order valence-electron chi connectivity index (χ1n) is 9.51. The van der Waals surface area contributed by atoms with Crippen LogP contribution in [0.5, 0.6) is 5.75 Å². The molecule has 0 saturated carbocycles. The summed E-state index contributed by atoms with van der Waals surface area (Å²) in [5, 5.41) is 6.67. The van der Waals surface area contributed by atoms with Crippen molar-refractivity contribution in [3.8, 4) is 5.75 Å². The molecule has 0 aliphatic rings. The molecule has 2 aromatic carbocycles. The van der Waals surface area contributed by atoms with Crippen molar-refractivity contribution >= 4 is 23.8 Å². The maximum atomic E-state index is 12.3. The fraction of sp³-hybridized carbons (Fsp3) is 0.174. The minimum atomic E-state index is -0.532. The number of carbonyl (C=O) groups is 2. The summed E-state index contributed by atoms with van der Waals surface area (Å²) in [7, 11) is 1.64. The number of rotatable bonds is 8. The van der Waals surface area contributed by atoms with Gasteiger partial charge in [-0.05, 0) is 36.3 Å². The van der Waals surface area contributed by atoms with Gasteiger partial charge < -0.3 is 14.8 Å². The maximum Gasteiger partial charge on any atom is 0.343 e. The molecule has 154 valence electrons. The van der Waals surface area contributed by atoms with Crippen LogP contribution in [0.15, 0.2) is 66.9 Å². The summed E-state index contributed by atoms with van der Waals surface area (Å²) in [5.41, 5.74) is 2.14. The molecule has 1 amide bonds. The third kappa shape index (κ3) is 5.57. The van der Waals surface area contributed by atoms with Crippen LogP contribution in [0.1, 0.15) is 28.4 Å². The highest BCUT2D eigenvalue weighted by molar-refractivity contribution is 6.05. The van der Waals surface area contributed by atoms with Crippen molar-refractivity contribution < 1.29 is 19.1 Å². The molecule has 1 N–H and O–H groups in total. The van der Waals surface area contributed by atoms with Gasteiger partial charge in [0.1, 0.15) is 23.7 Å². The lowest BCUT2D eigenvalue weighted by Gasteiger charge is -2.07. The van der Waals surface area contributed by atoms with Crippen LogP contribution >= 0.6 is 0 Å². The molecule has 0 aliphatic heterocycles. The normalized spacial score (nSPS) is 10.7. The predicted molar refractivity (Wildman–Crippen MR) is 114 cm³/mol. The van der Waals surface area contributed by atoms with Crippen molar-refractivity contribution in [1.82, 2.24) is 9.78 Å². The summed E-state index contributed by atoms with van der Waals surface area (Å²) in [4.78, 5) is 24.2. The van der Waals surface area contributed by atoms with Crippen molar-refractivity contribution in [3.63, 3.8) is 0 Å². The van der Waals surface area contributed by atoms with Crippen LogP contribution in [0.25, 0.3) is 6.08 Å². The second-order valence-corrected chi connectivity index (χ2v) is 6.42. The lowest BCUT2D eigenvalue weighted by atomic mass is 10.2. The van der Waals surface area contributed by atoms with Crippen LogP contribution in [-0.2, 0) is 23.2 Å². The number of nitrogens with zero attached hydrogens (tertiary/aromatic N) is 2. The van der Waals surface area contributed by atoms with Gasteiger partial charge in [-0.1, -0.05) is 42.5 Å². The van der Waals surface area contributed by atoms with E-state index in [2.05, 4.69) is 10.4 Å². The average Bonchev–Trinajstić information content (AvgIpc) is 3.12. The molecule has 0 spiro atoms. The Hall–Kier alpha value is -3.87. The molecule has 0 saturated heterocycles. The molecular formula is C23H23N3O4. The Balaban J connectivity index is 1.58. The summed E-state index contributed by atoms with van der Waals surface area (Å²) < 4.78 is 12.1. The number of esters is 1. The molecule has 7 nitrogen and oxygen atoms in total. The molecule has 0 unspecified atom stereocenters. The third-order valence-corrected chi connectivity index (χ3v) is 4.23. The summed E-state index contributed by atoms with van der Waals surface area (Å²) in [5.74, 6) is 0.117. The first-order valence-corrected chi connectivity index (χ1v) is 9.51. The Morgan fingerprint density at radius 3 is 2.53 bits per heavy atom. The molecule has 7 heteroatoms. The third-order valence-electron chi connectivity index (χ3n) is 4.23. The van der Waals surface area contributed by atoms with Crippen LogP contribution in [0.4, 0.5) is 5.82 Å². The molecule has 30 heavy (non-hydrogen) atoms. The van der Waals surface area contributed by atoms with Gasteiger partial charge in [0.25, 0.3) is 0 Å². The Kier molecular flexibility index (Phi) is 7.00. The SMILES string of the molecule is CCOC(=O)c1cnn(C)c1NC(=O)/C=C/c1ccc(OCc2ccccc2)cc1. The van der Waals surface area contributed by atoms with Crippen molar-refractivity contribution in [3.05, 3.63) is 83.6 Å². The Labute approximate surface area is 174 Å². The van der Waals surface area contributed by atoms with Gasteiger partial charge in [-0.2, -0.15) is 5.10 Å². The second-order valence-electron chi connectivity index (χ2n) is 6.42. The van der Waals surface area contributed by atoms with Crippen LogP contribution in [0.3, 0.4) is 0 Å². The predicted octanol–water partition coefficient (Wildman–Crippen LogP) is 3.83. The van der Waals surface area contributed by atoms with E-state index >= 15 is 0 Å². The zero-order valence-electron chi connectivity index (χ0n) is 16.9. The molecular weight excluding hydrogens is 382 g/mol. The summed E-state index contributed by atoms with van der Waals surface area (Å²) in [6, 6.07) is 17.3. The number of aryl methyl sites for hydroxylation is 1. The molecule has 0 fully saturated rings. The second kappa shape index (κ2) is 10.1. The first-order chi connectivity index (χ1) is 14.6. The summed E-state index contributed by atoms with van der Waals surface area (Å²) in [6.07, 6.45) is 4.43. The number of aromatic nitrogens is 2. The highest BCUT2D eigenvalue weighted by Crippen LogP contribution is 2.17. The zero-order valence-corrected chi connectivity index (χ0v) is 16.9. The quantitative estimate of drug-likeness (QED) is 0.455. The van der Waals surface area contributed by atoms with E-state index in [0.717, 1.165) is 16.9 Å². The Morgan fingerprint density at radius 1 is 1.10 bits per heavy atom. The van der Waals surface area contributed by atoms with Crippen LogP contribution in [-0.4, -0.2) is 28.3 Å². The maximum absolute atomic E-state index is 12.3. The van der Waals surface area contributed by atoms with E-state index in [-0.39, 0.29) is 23.9 Å². The van der Waals surface area contributed by atoms with Gasteiger partial charge in [0.2, 0.25) is 5.91 Å².